The molecule has 17 heavy (non-hydrogen) atoms. The molecule has 0 amide bonds. The highest BCUT2D eigenvalue weighted by Crippen LogP contribution is 2.08. The van der Waals surface area contributed by atoms with Crippen LogP contribution in [0.15, 0.2) is 12.7 Å². The van der Waals surface area contributed by atoms with E-state index in [9.17, 15) is 4.79 Å². The minimum atomic E-state index is -0.551. The summed E-state index contributed by atoms with van der Waals surface area (Å²) in [5, 5.41) is 3.33. The van der Waals surface area contributed by atoms with Crippen LogP contribution in [0.1, 0.15) is 6.42 Å². The van der Waals surface area contributed by atoms with Gasteiger partial charge in [-0.2, -0.15) is 0 Å². The number of esters is 1. The Balaban J connectivity index is 2.65. The van der Waals surface area contributed by atoms with Crippen LogP contribution >= 0.6 is 0 Å². The van der Waals surface area contributed by atoms with Gasteiger partial charge in [-0.1, -0.05) is 6.08 Å². The van der Waals surface area contributed by atoms with Crippen molar-refractivity contribution in [2.24, 2.45) is 0 Å². The van der Waals surface area contributed by atoms with E-state index in [1.165, 1.54) is 14.2 Å². The van der Waals surface area contributed by atoms with Gasteiger partial charge in [-0.15, -0.1) is 6.58 Å². The molecule has 1 rings (SSSR count). The number of carbonyl (C=O) groups excluding carboxylic acids is 1. The van der Waals surface area contributed by atoms with E-state index in [2.05, 4.69) is 16.8 Å². The molecule has 2 atom stereocenters. The number of hydrogen-bond acceptors (Lipinski definition) is 5. The zero-order chi connectivity index (χ0) is 12.7. The molecule has 1 saturated heterocycles. The highest BCUT2D eigenvalue weighted by molar-refractivity contribution is 5.75. The Morgan fingerprint density at radius 3 is 3.00 bits per heavy atom. The summed E-state index contributed by atoms with van der Waals surface area (Å²) in [4.78, 5) is 13.8. The van der Waals surface area contributed by atoms with Crippen molar-refractivity contribution >= 4 is 5.97 Å². The maximum Gasteiger partial charge on any atom is 0.336 e. The zero-order valence-corrected chi connectivity index (χ0v) is 10.6. The SMILES string of the molecule is C=CCN1CCCN[C@H]([C@@H](OC)C(=O)OC)C1. The topological polar surface area (TPSA) is 50.8 Å². The van der Waals surface area contributed by atoms with Crippen LogP contribution in [0.2, 0.25) is 0 Å². The Bertz CT molecular complexity index is 258. The molecule has 1 aliphatic rings. The average Bonchev–Trinajstić information content (AvgIpc) is 2.56. The highest BCUT2D eigenvalue weighted by Gasteiger charge is 2.31. The van der Waals surface area contributed by atoms with Gasteiger partial charge in [0.2, 0.25) is 0 Å². The quantitative estimate of drug-likeness (QED) is 0.544. The lowest BCUT2D eigenvalue weighted by Crippen LogP contribution is -2.50. The predicted octanol–water partition coefficient (Wildman–Crippen LogP) is 0.0243. The first-order valence-electron chi connectivity index (χ1n) is 5.90. The number of nitrogens with zero attached hydrogens (tertiary/aromatic N) is 1. The Morgan fingerprint density at radius 1 is 1.65 bits per heavy atom. The van der Waals surface area contributed by atoms with Crippen LogP contribution in [0.3, 0.4) is 0 Å². The Hall–Kier alpha value is -0.910. The number of ether oxygens (including phenoxy) is 2. The standard InChI is InChI=1S/C12H22N2O3/c1-4-7-14-8-5-6-13-10(9-14)11(16-2)12(15)17-3/h4,10-11,13H,1,5-9H2,2-3H3/t10-,11+/m0/s1. The van der Waals surface area contributed by atoms with E-state index in [1.807, 2.05) is 6.08 Å². The molecule has 1 fully saturated rings. The summed E-state index contributed by atoms with van der Waals surface area (Å²) < 4.78 is 9.98. The number of carbonyl (C=O) groups is 1. The molecule has 0 saturated carbocycles. The second-order valence-electron chi connectivity index (χ2n) is 4.14. The van der Waals surface area contributed by atoms with E-state index >= 15 is 0 Å². The first-order chi connectivity index (χ1) is 8.22. The lowest BCUT2D eigenvalue weighted by atomic mass is 10.1. The van der Waals surface area contributed by atoms with Crippen LogP contribution in [0.25, 0.3) is 0 Å². The van der Waals surface area contributed by atoms with Gasteiger partial charge in [-0.3, -0.25) is 4.90 Å². The smallest absolute Gasteiger partial charge is 0.336 e. The van der Waals surface area contributed by atoms with Gasteiger partial charge in [0.15, 0.2) is 6.10 Å². The predicted molar refractivity (Wildman–Crippen MR) is 65.9 cm³/mol. The van der Waals surface area contributed by atoms with E-state index in [0.29, 0.717) is 0 Å². The molecule has 98 valence electrons. The van der Waals surface area contributed by atoms with Crippen LogP contribution in [0.4, 0.5) is 0 Å². The maximum atomic E-state index is 11.6. The van der Waals surface area contributed by atoms with Gasteiger partial charge < -0.3 is 14.8 Å². The molecule has 0 bridgehead atoms. The minimum absolute atomic E-state index is 0.0325. The Morgan fingerprint density at radius 2 is 2.41 bits per heavy atom. The van der Waals surface area contributed by atoms with Gasteiger partial charge in [0.05, 0.1) is 13.2 Å². The fraction of sp³-hybridized carbons (Fsp3) is 0.750. The van der Waals surface area contributed by atoms with Crippen molar-refractivity contribution in [2.75, 3.05) is 40.4 Å². The van der Waals surface area contributed by atoms with Crippen molar-refractivity contribution in [1.29, 1.82) is 0 Å². The molecule has 0 aliphatic carbocycles. The molecule has 0 aromatic rings. The molecule has 0 radical (unpaired) electrons. The average molecular weight is 242 g/mol. The van der Waals surface area contributed by atoms with Gasteiger partial charge in [0.25, 0.3) is 0 Å². The zero-order valence-electron chi connectivity index (χ0n) is 10.6. The number of hydrogen-bond donors (Lipinski definition) is 1. The molecule has 5 heteroatoms. The second kappa shape index (κ2) is 7.42. The molecule has 1 aliphatic heterocycles. The monoisotopic (exact) mass is 242 g/mol. The van der Waals surface area contributed by atoms with Crippen molar-refractivity contribution in [3.63, 3.8) is 0 Å². The van der Waals surface area contributed by atoms with Gasteiger partial charge in [-0.05, 0) is 19.5 Å². The van der Waals surface area contributed by atoms with Gasteiger partial charge >= 0.3 is 5.97 Å². The fourth-order valence-electron chi connectivity index (χ4n) is 2.12. The molecule has 1 N–H and O–H groups in total. The highest BCUT2D eigenvalue weighted by atomic mass is 16.6. The first-order valence-corrected chi connectivity index (χ1v) is 5.90. The van der Waals surface area contributed by atoms with Crippen LogP contribution in [-0.4, -0.2) is 63.4 Å². The van der Waals surface area contributed by atoms with Crippen LogP contribution < -0.4 is 5.32 Å². The fourth-order valence-corrected chi connectivity index (χ4v) is 2.12. The number of methoxy groups -OCH3 is 2. The normalized spacial score (nSPS) is 23.8. The van der Waals surface area contributed by atoms with E-state index < -0.39 is 6.10 Å². The molecular formula is C12H22N2O3. The summed E-state index contributed by atoms with van der Waals surface area (Å²) in [5.41, 5.74) is 0. The van der Waals surface area contributed by atoms with Crippen LogP contribution in [-0.2, 0) is 14.3 Å². The third kappa shape index (κ3) is 4.11. The summed E-state index contributed by atoms with van der Waals surface area (Å²) in [7, 11) is 2.92. The largest absolute Gasteiger partial charge is 0.467 e. The van der Waals surface area contributed by atoms with E-state index in [0.717, 1.165) is 32.6 Å². The summed E-state index contributed by atoms with van der Waals surface area (Å²) >= 11 is 0. The third-order valence-electron chi connectivity index (χ3n) is 2.95. The summed E-state index contributed by atoms with van der Waals surface area (Å²) in [5.74, 6) is -0.328. The molecule has 0 unspecified atom stereocenters. The number of nitrogens with one attached hydrogen (secondary N) is 1. The lowest BCUT2D eigenvalue weighted by Gasteiger charge is -2.27. The Labute approximate surface area is 103 Å². The molecule has 0 aromatic carbocycles. The molecule has 1 heterocycles. The minimum Gasteiger partial charge on any atom is -0.467 e. The van der Waals surface area contributed by atoms with Crippen LogP contribution in [0, 0.1) is 0 Å². The number of rotatable bonds is 5. The van der Waals surface area contributed by atoms with Crippen molar-refractivity contribution in [1.82, 2.24) is 10.2 Å². The Kier molecular flexibility index (Phi) is 6.18. The summed E-state index contributed by atoms with van der Waals surface area (Å²) in [6.45, 7) is 7.23. The van der Waals surface area contributed by atoms with Crippen molar-refractivity contribution in [3.8, 4) is 0 Å². The van der Waals surface area contributed by atoms with E-state index in [-0.39, 0.29) is 12.0 Å². The van der Waals surface area contributed by atoms with E-state index in [1.54, 1.807) is 0 Å². The van der Waals surface area contributed by atoms with E-state index in [4.69, 9.17) is 9.47 Å². The van der Waals surface area contributed by atoms with Gasteiger partial charge in [-0.25, -0.2) is 4.79 Å². The summed E-state index contributed by atoms with van der Waals surface area (Å²) in [6.07, 6.45) is 2.38. The van der Waals surface area contributed by atoms with Crippen molar-refractivity contribution < 1.29 is 14.3 Å². The molecule has 5 nitrogen and oxygen atoms in total. The molecule has 0 aromatic heterocycles. The molecule has 0 spiro atoms. The lowest BCUT2D eigenvalue weighted by molar-refractivity contribution is -0.154. The molecular weight excluding hydrogens is 220 g/mol. The van der Waals surface area contributed by atoms with Crippen molar-refractivity contribution in [3.05, 3.63) is 12.7 Å². The second-order valence-corrected chi connectivity index (χ2v) is 4.14. The van der Waals surface area contributed by atoms with Gasteiger partial charge in [0, 0.05) is 20.2 Å². The maximum absolute atomic E-state index is 11.6. The third-order valence-corrected chi connectivity index (χ3v) is 2.95. The van der Waals surface area contributed by atoms with Crippen molar-refractivity contribution in [2.45, 2.75) is 18.6 Å². The van der Waals surface area contributed by atoms with Gasteiger partial charge in [0.1, 0.15) is 0 Å². The summed E-state index contributed by atoms with van der Waals surface area (Å²) in [6, 6.07) is -0.0325. The van der Waals surface area contributed by atoms with Crippen LogP contribution in [0.5, 0.6) is 0 Å². The first kappa shape index (κ1) is 14.2.